The number of rotatable bonds is 19. The van der Waals surface area contributed by atoms with Gasteiger partial charge in [0.15, 0.2) is 0 Å². The van der Waals surface area contributed by atoms with Crippen molar-refractivity contribution in [2.75, 3.05) is 24.7 Å². The molecule has 2 aliphatic rings. The summed E-state index contributed by atoms with van der Waals surface area (Å²) < 4.78 is 5.56. The third-order valence-electron chi connectivity index (χ3n) is 12.4. The number of carbonyl (C=O) groups is 11. The lowest BCUT2D eigenvalue weighted by molar-refractivity contribution is -0.145. The second-order valence-electron chi connectivity index (χ2n) is 18.8. The van der Waals surface area contributed by atoms with E-state index in [0.717, 1.165) is 27.2 Å². The SMILES string of the molecule is CCOc1ccc(C[C@H]2NC(=O)CCSSC[C@@H](C(=O)N3Cc4ccccc4C[C@H]3C(=O)N[C@@H](CC(C)C)C(=O)NCC(N)=O)NC(=O)[C@H](CC(N)=O)NC(=O)[C@H](CCC(N)=O)NC(=O)[C@H]([C@@H](C)CC)NC2=O)cc1. The molecule has 13 N–H and O–H groups in total. The average Bonchev–Trinajstić information content (AvgIpc) is 3.36. The van der Waals surface area contributed by atoms with Crippen molar-refractivity contribution in [2.24, 2.45) is 29.0 Å². The van der Waals surface area contributed by atoms with Gasteiger partial charge in [-0.15, -0.1) is 0 Å². The van der Waals surface area contributed by atoms with Gasteiger partial charge in [-0.1, -0.05) is 92.1 Å². The normalized spacial score (nSPS) is 22.1. The Bertz CT molecular complexity index is 2390. The Balaban J connectivity index is 1.75. The Hall–Kier alpha value is -6.89. The maximum atomic E-state index is 15.1. The van der Waals surface area contributed by atoms with E-state index in [0.29, 0.717) is 29.9 Å². The van der Waals surface area contributed by atoms with E-state index in [1.807, 2.05) is 20.8 Å². The van der Waals surface area contributed by atoms with Crippen LogP contribution in [0.4, 0.5) is 0 Å². The molecule has 75 heavy (non-hydrogen) atoms. The summed E-state index contributed by atoms with van der Waals surface area (Å²) in [5, 5.41) is 18.4. The molecule has 2 heterocycles. The van der Waals surface area contributed by atoms with Crippen molar-refractivity contribution in [3.05, 3.63) is 65.2 Å². The van der Waals surface area contributed by atoms with Crippen molar-refractivity contribution in [2.45, 2.75) is 135 Å². The number of hydrogen-bond donors (Lipinski definition) is 10. The molecule has 0 aliphatic carbocycles. The smallest absolute Gasteiger partial charge is 0.247 e. The summed E-state index contributed by atoms with van der Waals surface area (Å²) in [6, 6.07) is 4.36. The van der Waals surface area contributed by atoms with Gasteiger partial charge in [-0.25, -0.2) is 0 Å². The number of ether oxygens (including phenoxy) is 1. The molecule has 2 aliphatic heterocycles. The molecule has 2 aromatic carbocycles. The van der Waals surface area contributed by atoms with Crippen LogP contribution in [-0.2, 0) is 72.1 Å². The zero-order valence-corrected chi connectivity index (χ0v) is 44.5. The molecular formula is C50H71N11O12S2. The molecule has 0 aromatic heterocycles. The van der Waals surface area contributed by atoms with Crippen molar-refractivity contribution < 1.29 is 57.5 Å². The fraction of sp³-hybridized carbons (Fsp3) is 0.540. The minimum absolute atomic E-state index is 0.00300. The second-order valence-corrected chi connectivity index (χ2v) is 21.4. The van der Waals surface area contributed by atoms with Gasteiger partial charge >= 0.3 is 0 Å². The van der Waals surface area contributed by atoms with Crippen LogP contribution in [0.25, 0.3) is 0 Å². The van der Waals surface area contributed by atoms with Gasteiger partial charge in [0.05, 0.1) is 19.6 Å². The molecular weight excluding hydrogens is 1010 g/mol. The Morgan fingerprint density at radius 1 is 0.760 bits per heavy atom. The molecule has 0 radical (unpaired) electrons. The summed E-state index contributed by atoms with van der Waals surface area (Å²) in [5.41, 5.74) is 18.4. The maximum absolute atomic E-state index is 15.1. The lowest BCUT2D eigenvalue weighted by Gasteiger charge is -2.38. The molecule has 25 heteroatoms. The number of benzene rings is 2. The van der Waals surface area contributed by atoms with Crippen molar-refractivity contribution in [1.29, 1.82) is 0 Å². The molecule has 0 bridgehead atoms. The van der Waals surface area contributed by atoms with Crippen molar-refractivity contribution in [1.82, 2.24) is 42.1 Å². The first-order chi connectivity index (χ1) is 35.6. The first kappa shape index (κ1) is 60.7. The van der Waals surface area contributed by atoms with Crippen LogP contribution in [0.2, 0.25) is 0 Å². The summed E-state index contributed by atoms with van der Waals surface area (Å²) in [6.45, 7) is 8.79. The molecule has 23 nitrogen and oxygen atoms in total. The van der Waals surface area contributed by atoms with E-state index in [9.17, 15) is 47.9 Å². The van der Waals surface area contributed by atoms with Crippen LogP contribution in [0.3, 0.4) is 0 Å². The number of nitrogens with zero attached hydrogens (tertiary/aromatic N) is 1. The van der Waals surface area contributed by atoms with Gasteiger partial charge in [0.1, 0.15) is 48.0 Å². The summed E-state index contributed by atoms with van der Waals surface area (Å²) in [4.78, 5) is 151. The number of nitrogens with one attached hydrogen (secondary N) is 7. The van der Waals surface area contributed by atoms with Crippen LogP contribution in [0.1, 0.15) is 89.8 Å². The quantitative estimate of drug-likeness (QED) is 0.0764. The Morgan fingerprint density at radius 3 is 2.04 bits per heavy atom. The third-order valence-corrected chi connectivity index (χ3v) is 14.8. The van der Waals surface area contributed by atoms with E-state index >= 15 is 4.79 Å². The highest BCUT2D eigenvalue weighted by molar-refractivity contribution is 8.76. The summed E-state index contributed by atoms with van der Waals surface area (Å²) >= 11 is 0. The zero-order valence-electron chi connectivity index (χ0n) is 42.9. The van der Waals surface area contributed by atoms with Gasteiger partial charge < -0.3 is 64.1 Å². The highest BCUT2D eigenvalue weighted by Gasteiger charge is 2.41. The first-order valence-corrected chi connectivity index (χ1v) is 27.4. The number of primary amides is 3. The summed E-state index contributed by atoms with van der Waals surface area (Å²) in [7, 11) is 2.26. The molecule has 11 amide bonds. The second kappa shape index (κ2) is 29.9. The topological polar surface area (TPSA) is 363 Å². The van der Waals surface area contributed by atoms with Gasteiger partial charge in [0, 0.05) is 43.7 Å². The van der Waals surface area contributed by atoms with Crippen molar-refractivity contribution in [3.8, 4) is 5.75 Å². The van der Waals surface area contributed by atoms with Crippen molar-refractivity contribution >= 4 is 86.6 Å². The largest absolute Gasteiger partial charge is 0.494 e. The molecule has 0 spiro atoms. The standard InChI is InChI=1S/C50H71N11O12S2/c1-6-28(5)43-49(71)56-33(16-17-39(51)62)45(67)57-36(23-40(52)63)46(68)59-37(26-75-74-19-18-42(65)55-35(47(69)60-43)21-29-12-14-32(15-13-29)73-7-2)50(72)61-25-31-11-9-8-10-30(31)22-38(61)48(70)58-34(20-27(3)4)44(66)54-24-41(53)64/h8-15,27-28,33-38,43H,6-7,16-26H2,1-5H3,(H2,51,62)(H2,52,63)(H2,53,64)(H,54,66)(H,55,65)(H,56,71)(H,57,67)(H,58,70)(H,59,68)(H,60,69)/t28-,33-,34-,35+,36-,37-,38-,43-/m0/s1. The predicted octanol–water partition coefficient (Wildman–Crippen LogP) is -0.890. The van der Waals surface area contributed by atoms with Gasteiger partial charge in [-0.2, -0.15) is 0 Å². The highest BCUT2D eigenvalue weighted by Crippen LogP contribution is 2.28. The van der Waals surface area contributed by atoms with Crippen LogP contribution in [0.5, 0.6) is 5.75 Å². The van der Waals surface area contributed by atoms with Gasteiger partial charge in [-0.3, -0.25) is 52.7 Å². The highest BCUT2D eigenvalue weighted by atomic mass is 33.1. The van der Waals surface area contributed by atoms with Gasteiger partial charge in [0.25, 0.3) is 0 Å². The molecule has 410 valence electrons. The molecule has 1 fully saturated rings. The fourth-order valence-electron chi connectivity index (χ4n) is 8.27. The number of nitrogens with two attached hydrogens (primary N) is 3. The van der Waals surface area contributed by atoms with Gasteiger partial charge in [0.2, 0.25) is 65.0 Å². The fourth-order valence-corrected chi connectivity index (χ4v) is 10.4. The van der Waals surface area contributed by atoms with E-state index < -0.39 is 133 Å². The van der Waals surface area contributed by atoms with E-state index in [1.165, 1.54) is 4.90 Å². The minimum Gasteiger partial charge on any atom is -0.494 e. The van der Waals surface area contributed by atoms with Crippen LogP contribution in [0, 0.1) is 11.8 Å². The van der Waals surface area contributed by atoms with Crippen LogP contribution in [-0.4, -0.2) is 137 Å². The molecule has 4 rings (SSSR count). The van der Waals surface area contributed by atoms with Crippen LogP contribution >= 0.6 is 21.6 Å². The van der Waals surface area contributed by atoms with Crippen LogP contribution < -0.4 is 59.2 Å². The van der Waals surface area contributed by atoms with Crippen LogP contribution in [0.15, 0.2) is 48.5 Å². The third kappa shape index (κ3) is 19.4. The zero-order chi connectivity index (χ0) is 55.4. The predicted molar refractivity (Wildman–Crippen MR) is 280 cm³/mol. The van der Waals surface area contributed by atoms with Gasteiger partial charge in [-0.05, 0) is 60.4 Å². The number of amides is 11. The number of hydrogen-bond acceptors (Lipinski definition) is 14. The Kier molecular flexibility index (Phi) is 24.2. The van der Waals surface area contributed by atoms with E-state index in [4.69, 9.17) is 21.9 Å². The Labute approximate surface area is 444 Å². The molecule has 1 saturated heterocycles. The number of carbonyl (C=O) groups excluding carboxylic acids is 11. The molecule has 2 aromatic rings. The van der Waals surface area contributed by atoms with E-state index in [2.05, 4.69) is 37.2 Å². The molecule has 8 atom stereocenters. The first-order valence-electron chi connectivity index (χ1n) is 24.9. The average molecular weight is 1080 g/mol. The number of fused-ring (bicyclic) bond motifs is 1. The lowest BCUT2D eigenvalue weighted by Crippen LogP contribution is -2.62. The molecule has 0 saturated carbocycles. The summed E-state index contributed by atoms with van der Waals surface area (Å²) in [6.07, 6.45) is -1.17. The summed E-state index contributed by atoms with van der Waals surface area (Å²) in [5.74, 6) is -9.08. The lowest BCUT2D eigenvalue weighted by atomic mass is 9.92. The van der Waals surface area contributed by atoms with Crippen molar-refractivity contribution in [3.63, 3.8) is 0 Å². The Morgan fingerprint density at radius 2 is 1.41 bits per heavy atom. The van der Waals surface area contributed by atoms with E-state index in [1.54, 1.807) is 62.4 Å². The van der Waals surface area contributed by atoms with E-state index in [-0.39, 0.29) is 56.1 Å². The monoisotopic (exact) mass is 1080 g/mol. The maximum Gasteiger partial charge on any atom is 0.247 e. The molecule has 0 unspecified atom stereocenters. The minimum atomic E-state index is -1.75.